The largest absolute Gasteiger partial charge is 0.388 e. The van der Waals surface area contributed by atoms with E-state index in [0.717, 1.165) is 53.5 Å². The molecule has 0 fully saturated rings. The third-order valence-electron chi connectivity index (χ3n) is 8.79. The number of rotatable bonds is 12. The van der Waals surface area contributed by atoms with E-state index in [-0.39, 0.29) is 7.43 Å². The quantitative estimate of drug-likeness (QED) is 0.0515. The predicted molar refractivity (Wildman–Crippen MR) is 331 cm³/mol. The highest BCUT2D eigenvalue weighted by atomic mass is 35.5. The van der Waals surface area contributed by atoms with Crippen LogP contribution in [0.4, 0.5) is 0 Å². The van der Waals surface area contributed by atoms with Crippen LogP contribution in [0.1, 0.15) is 82.3 Å². The molecular weight excluding hydrogens is 1110 g/mol. The molecule has 0 unspecified atom stereocenters. The second kappa shape index (κ2) is 39.8. The first-order chi connectivity index (χ1) is 34.9. The molecule has 0 aliphatic rings. The predicted octanol–water partition coefficient (Wildman–Crippen LogP) is 15.2. The summed E-state index contributed by atoms with van der Waals surface area (Å²) in [6.07, 6.45) is 0. The van der Waals surface area contributed by atoms with E-state index in [9.17, 15) is 0 Å². The molecular formula is C55H68Cl8N12. The van der Waals surface area contributed by atoms with Gasteiger partial charge in [0, 0.05) is 40.2 Å². The van der Waals surface area contributed by atoms with E-state index in [2.05, 4.69) is 30.0 Å². The molecule has 0 aromatic heterocycles. The van der Waals surface area contributed by atoms with Gasteiger partial charge in [0.15, 0.2) is 0 Å². The summed E-state index contributed by atoms with van der Waals surface area (Å²) in [6, 6.07) is 41.0. The van der Waals surface area contributed by atoms with E-state index < -0.39 is 0 Å². The fourth-order valence-electron chi connectivity index (χ4n) is 5.00. The van der Waals surface area contributed by atoms with Crippen molar-refractivity contribution in [2.24, 2.45) is 64.4 Å². The van der Waals surface area contributed by atoms with Gasteiger partial charge in [-0.15, -0.1) is 0 Å². The van der Waals surface area contributed by atoms with Crippen LogP contribution >= 0.6 is 92.8 Å². The summed E-state index contributed by atoms with van der Waals surface area (Å²) in [5, 5.41) is 5.46. The van der Waals surface area contributed by atoms with Crippen molar-refractivity contribution in [3.8, 4) is 0 Å². The molecule has 404 valence electrons. The topological polar surface area (TPSA) is 230 Å². The van der Waals surface area contributed by atoms with E-state index in [4.69, 9.17) is 127 Å². The minimum atomic E-state index is 0. The smallest absolute Gasteiger partial charge is 0.0909 e. The molecule has 75 heavy (non-hydrogen) atoms. The Morgan fingerprint density at radius 2 is 0.520 bits per heavy atom. The molecule has 20 heteroatoms. The standard InChI is InChI=1S/2C9H10Cl2N2.4C9H11ClN2.CH4/c2*1-6(12)13-5-7-2-3-8(10)4-9(7)11;2*1-7(11)12-6-8-2-4-9(10)5-3-8;2*1-7(11)12-6-8-4-2-3-5-9(8)10;/h2*2-4H,5H2,1H3,(H2,12,13);4*2-5H,6H2,1H3,(H2,11,12);1H4. The Balaban J connectivity index is 0.000000874. The number of nitrogens with two attached hydrogens (primary N) is 6. The summed E-state index contributed by atoms with van der Waals surface area (Å²) < 4.78 is 0. The maximum absolute atomic E-state index is 5.92. The van der Waals surface area contributed by atoms with Crippen LogP contribution in [0.15, 0.2) is 163 Å². The highest BCUT2D eigenvalue weighted by Crippen LogP contribution is 2.23. The van der Waals surface area contributed by atoms with Crippen LogP contribution in [0.25, 0.3) is 0 Å². The Bertz CT molecular complexity index is 2580. The van der Waals surface area contributed by atoms with Gasteiger partial charge in [0.05, 0.1) is 74.3 Å². The first-order valence-electron chi connectivity index (χ1n) is 22.4. The normalized spacial score (nSPS) is 11.5. The van der Waals surface area contributed by atoms with Crippen molar-refractivity contribution in [2.75, 3.05) is 0 Å². The molecule has 0 aliphatic heterocycles. The molecule has 6 aromatic rings. The van der Waals surface area contributed by atoms with Gasteiger partial charge in [-0.25, -0.2) is 0 Å². The first-order valence-corrected chi connectivity index (χ1v) is 25.4. The molecule has 0 aliphatic carbocycles. The van der Waals surface area contributed by atoms with Crippen molar-refractivity contribution in [2.45, 2.75) is 88.2 Å². The Kier molecular flexibility index (Phi) is 36.9. The lowest BCUT2D eigenvalue weighted by Crippen LogP contribution is -2.05. The maximum atomic E-state index is 5.92. The summed E-state index contributed by atoms with van der Waals surface area (Å²) in [6.45, 7) is 13.9. The van der Waals surface area contributed by atoms with Crippen LogP contribution < -0.4 is 34.4 Å². The zero-order chi connectivity index (χ0) is 55.6. The average Bonchev–Trinajstić information content (AvgIpc) is 3.33. The van der Waals surface area contributed by atoms with Crippen LogP contribution in [0.5, 0.6) is 0 Å². The van der Waals surface area contributed by atoms with Crippen LogP contribution in [-0.2, 0) is 39.3 Å². The second-order valence-electron chi connectivity index (χ2n) is 15.7. The third kappa shape index (κ3) is 35.4. The van der Waals surface area contributed by atoms with Crippen molar-refractivity contribution >= 4 is 128 Å². The van der Waals surface area contributed by atoms with E-state index >= 15 is 0 Å². The second-order valence-corrected chi connectivity index (χ2v) is 19.0. The van der Waals surface area contributed by atoms with E-state index in [1.54, 1.807) is 65.8 Å². The summed E-state index contributed by atoms with van der Waals surface area (Å²) >= 11 is 46.5. The lowest BCUT2D eigenvalue weighted by atomic mass is 10.2. The number of amidine groups is 6. The number of halogens is 8. The Hall–Kier alpha value is -5.54. The molecule has 12 nitrogen and oxygen atoms in total. The van der Waals surface area contributed by atoms with Crippen molar-refractivity contribution in [1.29, 1.82) is 0 Å². The van der Waals surface area contributed by atoms with Crippen LogP contribution in [0.2, 0.25) is 40.2 Å². The van der Waals surface area contributed by atoms with Gasteiger partial charge in [-0.3, -0.25) is 30.0 Å². The highest BCUT2D eigenvalue weighted by Gasteiger charge is 2.02. The molecule has 6 rings (SSSR count). The van der Waals surface area contributed by atoms with Crippen molar-refractivity contribution < 1.29 is 0 Å². The van der Waals surface area contributed by atoms with Gasteiger partial charge in [0.2, 0.25) is 0 Å². The molecule has 0 atom stereocenters. The van der Waals surface area contributed by atoms with Crippen molar-refractivity contribution in [3.63, 3.8) is 0 Å². The fourth-order valence-corrected chi connectivity index (χ4v) is 6.58. The molecule has 0 heterocycles. The minimum absolute atomic E-state index is 0. The number of aliphatic imine (C=N–C) groups is 6. The van der Waals surface area contributed by atoms with Crippen molar-refractivity contribution in [1.82, 2.24) is 0 Å². The van der Waals surface area contributed by atoms with Crippen LogP contribution in [0, 0.1) is 0 Å². The van der Waals surface area contributed by atoms with Crippen LogP contribution in [-0.4, -0.2) is 35.0 Å². The lowest BCUT2D eigenvalue weighted by molar-refractivity contribution is 1.06. The zero-order valence-corrected chi connectivity index (χ0v) is 48.2. The zero-order valence-electron chi connectivity index (χ0n) is 42.1. The molecule has 0 saturated carbocycles. The molecule has 6 aromatic carbocycles. The lowest BCUT2D eigenvalue weighted by Gasteiger charge is -2.01. The van der Waals surface area contributed by atoms with Gasteiger partial charge in [-0.2, -0.15) is 0 Å². The maximum Gasteiger partial charge on any atom is 0.0909 e. The van der Waals surface area contributed by atoms with Gasteiger partial charge in [-0.1, -0.05) is 173 Å². The number of benzene rings is 6. The molecule has 0 bridgehead atoms. The van der Waals surface area contributed by atoms with Gasteiger partial charge >= 0.3 is 0 Å². The fraction of sp³-hybridized carbons (Fsp3) is 0.236. The molecule has 0 spiro atoms. The number of hydrogen-bond donors (Lipinski definition) is 6. The van der Waals surface area contributed by atoms with Crippen molar-refractivity contribution in [3.05, 3.63) is 207 Å². The molecule has 0 saturated heterocycles. The average molecular weight is 1180 g/mol. The van der Waals surface area contributed by atoms with E-state index in [1.807, 2.05) is 109 Å². The van der Waals surface area contributed by atoms with Crippen LogP contribution in [0.3, 0.4) is 0 Å². The summed E-state index contributed by atoms with van der Waals surface area (Å²) in [5.74, 6) is 3.46. The Morgan fingerprint density at radius 1 is 0.293 bits per heavy atom. The SMILES string of the molecule is C.CC(N)=NCc1ccc(Cl)cc1.CC(N)=NCc1ccc(Cl)cc1.CC(N)=NCc1ccc(Cl)cc1Cl.CC(N)=NCc1ccc(Cl)cc1Cl.CC(N)=NCc1ccccc1Cl.CC(N)=NCc1ccccc1Cl. The summed E-state index contributed by atoms with van der Waals surface area (Å²) in [5.41, 5.74) is 38.5. The molecule has 12 N–H and O–H groups in total. The summed E-state index contributed by atoms with van der Waals surface area (Å²) in [4.78, 5) is 24.4. The summed E-state index contributed by atoms with van der Waals surface area (Å²) in [7, 11) is 0. The molecule has 0 amide bonds. The number of hydrogen-bond acceptors (Lipinski definition) is 6. The van der Waals surface area contributed by atoms with Gasteiger partial charge in [-0.05, 0) is 136 Å². The Morgan fingerprint density at radius 3 is 0.760 bits per heavy atom. The first kappa shape index (κ1) is 69.5. The van der Waals surface area contributed by atoms with Gasteiger partial charge < -0.3 is 34.4 Å². The number of nitrogens with zero attached hydrogens (tertiary/aromatic N) is 6. The van der Waals surface area contributed by atoms with Gasteiger partial charge in [0.1, 0.15) is 0 Å². The van der Waals surface area contributed by atoms with E-state index in [1.165, 1.54) is 0 Å². The highest BCUT2D eigenvalue weighted by molar-refractivity contribution is 6.36. The van der Waals surface area contributed by atoms with Gasteiger partial charge in [0.25, 0.3) is 0 Å². The monoisotopic (exact) mass is 1180 g/mol. The Labute approximate surface area is 484 Å². The minimum Gasteiger partial charge on any atom is -0.388 e. The molecule has 0 radical (unpaired) electrons. The van der Waals surface area contributed by atoms with E-state index in [0.29, 0.717) is 94.4 Å². The third-order valence-corrected chi connectivity index (χ3v) is 11.2.